The van der Waals surface area contributed by atoms with Crippen molar-refractivity contribution in [3.05, 3.63) is 81.1 Å². The van der Waals surface area contributed by atoms with Gasteiger partial charge in [0, 0.05) is 23.2 Å². The first kappa shape index (κ1) is 19.7. The van der Waals surface area contributed by atoms with Crippen molar-refractivity contribution in [1.29, 1.82) is 0 Å². The number of ether oxygens (including phenoxy) is 1. The Labute approximate surface area is 177 Å². The SMILES string of the molecule is CCn1c(NNC(=O)/C=C/C2=Cc3cc(Cl)ccc3OC2)nc2ccccc2c1=O. The summed E-state index contributed by atoms with van der Waals surface area (Å²) in [5.74, 6) is 0.632. The van der Waals surface area contributed by atoms with Crippen LogP contribution in [-0.4, -0.2) is 22.1 Å². The van der Waals surface area contributed by atoms with Gasteiger partial charge in [0.15, 0.2) is 0 Å². The molecule has 0 radical (unpaired) electrons. The highest BCUT2D eigenvalue weighted by Crippen LogP contribution is 2.29. The zero-order chi connectivity index (χ0) is 21.1. The Morgan fingerprint density at radius 2 is 2.13 bits per heavy atom. The number of fused-ring (bicyclic) bond motifs is 2. The van der Waals surface area contributed by atoms with Gasteiger partial charge in [-0.05, 0) is 48.9 Å². The normalized spacial score (nSPS) is 12.9. The summed E-state index contributed by atoms with van der Waals surface area (Å²) in [7, 11) is 0. The van der Waals surface area contributed by atoms with Gasteiger partial charge in [-0.1, -0.05) is 29.8 Å². The molecule has 0 aliphatic carbocycles. The zero-order valence-corrected chi connectivity index (χ0v) is 16.9. The van der Waals surface area contributed by atoms with Crippen molar-refractivity contribution in [3.8, 4) is 5.75 Å². The van der Waals surface area contributed by atoms with Gasteiger partial charge in [-0.2, -0.15) is 0 Å². The monoisotopic (exact) mass is 422 g/mol. The number of hydrogen-bond acceptors (Lipinski definition) is 5. The molecule has 0 bridgehead atoms. The van der Waals surface area contributed by atoms with Crippen LogP contribution in [-0.2, 0) is 11.3 Å². The maximum atomic E-state index is 12.6. The number of para-hydroxylation sites is 1. The number of nitrogens with one attached hydrogen (secondary N) is 2. The molecule has 0 spiro atoms. The maximum absolute atomic E-state index is 12.6. The summed E-state index contributed by atoms with van der Waals surface area (Å²) in [4.78, 5) is 29.3. The number of rotatable bonds is 5. The van der Waals surface area contributed by atoms with Gasteiger partial charge in [0.2, 0.25) is 5.95 Å². The lowest BCUT2D eigenvalue weighted by molar-refractivity contribution is -0.116. The molecule has 2 N–H and O–H groups in total. The molecule has 0 saturated heterocycles. The first-order chi connectivity index (χ1) is 14.5. The quantitative estimate of drug-likeness (QED) is 0.485. The van der Waals surface area contributed by atoms with E-state index < -0.39 is 5.91 Å². The number of amides is 1. The summed E-state index contributed by atoms with van der Waals surface area (Å²) in [5, 5.41) is 1.14. The van der Waals surface area contributed by atoms with Crippen molar-refractivity contribution in [3.63, 3.8) is 0 Å². The van der Waals surface area contributed by atoms with Crippen LogP contribution in [0.1, 0.15) is 12.5 Å². The molecule has 0 atom stereocenters. The molecule has 0 unspecified atom stereocenters. The van der Waals surface area contributed by atoms with Crippen LogP contribution in [0.3, 0.4) is 0 Å². The van der Waals surface area contributed by atoms with Crippen LogP contribution < -0.4 is 21.1 Å². The van der Waals surface area contributed by atoms with Crippen molar-refractivity contribution < 1.29 is 9.53 Å². The van der Waals surface area contributed by atoms with E-state index in [2.05, 4.69) is 15.8 Å². The zero-order valence-electron chi connectivity index (χ0n) is 16.2. The number of anilines is 1. The lowest BCUT2D eigenvalue weighted by Crippen LogP contribution is -2.33. The van der Waals surface area contributed by atoms with Crippen molar-refractivity contribution in [2.24, 2.45) is 0 Å². The maximum Gasteiger partial charge on any atom is 0.262 e. The first-order valence-corrected chi connectivity index (χ1v) is 9.79. The van der Waals surface area contributed by atoms with E-state index in [0.717, 1.165) is 16.9 Å². The van der Waals surface area contributed by atoms with Gasteiger partial charge in [0.1, 0.15) is 12.4 Å². The van der Waals surface area contributed by atoms with Crippen LogP contribution in [0.5, 0.6) is 5.75 Å². The van der Waals surface area contributed by atoms with Crippen LogP contribution in [0.15, 0.2) is 65.0 Å². The Hall–Kier alpha value is -3.58. The van der Waals surface area contributed by atoms with Crippen LogP contribution >= 0.6 is 11.6 Å². The molecule has 1 amide bonds. The highest BCUT2D eigenvalue weighted by molar-refractivity contribution is 6.30. The molecule has 0 saturated carbocycles. The summed E-state index contributed by atoms with van der Waals surface area (Å²) < 4.78 is 7.13. The van der Waals surface area contributed by atoms with Crippen LogP contribution in [0, 0.1) is 0 Å². The summed E-state index contributed by atoms with van der Waals surface area (Å²) >= 11 is 6.02. The van der Waals surface area contributed by atoms with Crippen LogP contribution in [0.4, 0.5) is 5.95 Å². The standard InChI is InChI=1S/C22H19ClN4O3/c1-2-27-21(29)17-5-3-4-6-18(17)24-22(27)26-25-20(28)10-7-14-11-15-12-16(23)8-9-19(15)30-13-14/h3-12H,2,13H2,1H3,(H,24,26)(H,25,28)/b10-7+. The molecular weight excluding hydrogens is 404 g/mol. The van der Waals surface area contributed by atoms with E-state index in [0.29, 0.717) is 29.1 Å². The van der Waals surface area contributed by atoms with E-state index in [9.17, 15) is 9.59 Å². The Morgan fingerprint density at radius 1 is 1.30 bits per heavy atom. The fourth-order valence-corrected chi connectivity index (χ4v) is 3.34. The Morgan fingerprint density at radius 3 is 2.97 bits per heavy atom. The molecule has 7 nitrogen and oxygen atoms in total. The number of benzene rings is 2. The minimum Gasteiger partial charge on any atom is -0.488 e. The number of hydrazine groups is 1. The second kappa shape index (κ2) is 8.42. The first-order valence-electron chi connectivity index (χ1n) is 9.41. The molecule has 1 aromatic heterocycles. The van der Waals surface area contributed by atoms with Crippen molar-refractivity contribution >= 4 is 40.4 Å². The second-order valence-electron chi connectivity index (χ2n) is 6.64. The molecule has 8 heteroatoms. The van der Waals surface area contributed by atoms with E-state index in [4.69, 9.17) is 16.3 Å². The van der Waals surface area contributed by atoms with Crippen molar-refractivity contribution in [1.82, 2.24) is 15.0 Å². The highest BCUT2D eigenvalue weighted by Gasteiger charge is 2.11. The minimum atomic E-state index is -0.391. The third-order valence-electron chi connectivity index (χ3n) is 4.63. The van der Waals surface area contributed by atoms with Crippen molar-refractivity contribution in [2.45, 2.75) is 13.5 Å². The van der Waals surface area contributed by atoms with Gasteiger partial charge in [-0.25, -0.2) is 4.98 Å². The largest absolute Gasteiger partial charge is 0.488 e. The highest BCUT2D eigenvalue weighted by atomic mass is 35.5. The Balaban J connectivity index is 1.47. The Bertz CT molecular complexity index is 1250. The summed E-state index contributed by atoms with van der Waals surface area (Å²) in [6.07, 6.45) is 4.97. The van der Waals surface area contributed by atoms with Gasteiger partial charge >= 0.3 is 0 Å². The Kier molecular flexibility index (Phi) is 5.54. The minimum absolute atomic E-state index is 0.169. The smallest absolute Gasteiger partial charge is 0.262 e. The van der Waals surface area contributed by atoms with E-state index in [1.165, 1.54) is 10.6 Å². The van der Waals surface area contributed by atoms with E-state index in [1.807, 2.05) is 19.1 Å². The van der Waals surface area contributed by atoms with E-state index >= 15 is 0 Å². The molecule has 2 aromatic carbocycles. The van der Waals surface area contributed by atoms with Gasteiger partial charge in [-0.3, -0.25) is 25.0 Å². The van der Waals surface area contributed by atoms with Gasteiger partial charge < -0.3 is 4.74 Å². The van der Waals surface area contributed by atoms with Crippen LogP contribution in [0.2, 0.25) is 5.02 Å². The lowest BCUT2D eigenvalue weighted by atomic mass is 10.1. The third-order valence-corrected chi connectivity index (χ3v) is 4.87. The third kappa shape index (κ3) is 4.06. The molecule has 0 fully saturated rings. The average molecular weight is 423 g/mol. The molecule has 152 valence electrons. The lowest BCUT2D eigenvalue weighted by Gasteiger charge is -2.16. The predicted octanol–water partition coefficient (Wildman–Crippen LogP) is 3.55. The topological polar surface area (TPSA) is 85.2 Å². The van der Waals surface area contributed by atoms with Crippen LogP contribution in [0.25, 0.3) is 17.0 Å². The van der Waals surface area contributed by atoms with Gasteiger partial charge in [0.05, 0.1) is 10.9 Å². The number of aromatic nitrogens is 2. The summed E-state index contributed by atoms with van der Waals surface area (Å²) in [5.41, 5.74) is 7.36. The van der Waals surface area contributed by atoms with Gasteiger partial charge in [0.25, 0.3) is 11.5 Å². The molecule has 30 heavy (non-hydrogen) atoms. The average Bonchev–Trinajstić information content (AvgIpc) is 2.76. The predicted molar refractivity (Wildman–Crippen MR) is 118 cm³/mol. The second-order valence-corrected chi connectivity index (χ2v) is 7.08. The molecule has 2 heterocycles. The number of carbonyl (C=O) groups excluding carboxylic acids is 1. The number of halogens is 1. The van der Waals surface area contributed by atoms with Crippen molar-refractivity contribution in [2.75, 3.05) is 12.0 Å². The molecular formula is C22H19ClN4O3. The number of hydrogen-bond donors (Lipinski definition) is 2. The number of nitrogens with zero attached hydrogens (tertiary/aromatic N) is 2. The molecule has 1 aliphatic heterocycles. The summed E-state index contributed by atoms with van der Waals surface area (Å²) in [6.45, 7) is 2.61. The van der Waals surface area contributed by atoms with E-state index in [-0.39, 0.29) is 11.5 Å². The van der Waals surface area contributed by atoms with Gasteiger partial charge in [-0.15, -0.1) is 0 Å². The molecule has 1 aliphatic rings. The molecule has 4 rings (SSSR count). The van der Waals surface area contributed by atoms with E-state index in [1.54, 1.807) is 42.5 Å². The molecule has 3 aromatic rings. The summed E-state index contributed by atoms with van der Waals surface area (Å²) in [6, 6.07) is 12.5. The number of carbonyl (C=O) groups is 1. The fraction of sp³-hybridized carbons (Fsp3) is 0.136. The fourth-order valence-electron chi connectivity index (χ4n) is 3.16.